The highest BCUT2D eigenvalue weighted by Gasteiger charge is 2.05. The maximum Gasteiger partial charge on any atom is 0.0455 e. The highest BCUT2D eigenvalue weighted by molar-refractivity contribution is 14.1. The minimum absolute atomic E-state index is 0.865. The average Bonchev–Trinajstić information content (AvgIpc) is 1.97. The van der Waals surface area contributed by atoms with Crippen molar-refractivity contribution in [3.63, 3.8) is 0 Å². The lowest BCUT2D eigenvalue weighted by atomic mass is 10.1. The molecule has 3 heteroatoms. The van der Waals surface area contributed by atoms with Crippen molar-refractivity contribution < 1.29 is 0 Å². The van der Waals surface area contributed by atoms with Gasteiger partial charge in [0.25, 0.3) is 0 Å². The van der Waals surface area contributed by atoms with E-state index in [4.69, 9.17) is 5.73 Å². The van der Waals surface area contributed by atoms with Crippen LogP contribution in [0.5, 0.6) is 0 Å². The Kier molecular flexibility index (Phi) is 2.80. The summed E-state index contributed by atoms with van der Waals surface area (Å²) in [6, 6.07) is 1.98. The third-order valence-electron chi connectivity index (χ3n) is 1.63. The lowest BCUT2D eigenvalue weighted by Crippen LogP contribution is -1.94. The molecular weight excluding hydrogens is 317 g/mol. The second-order valence-electron chi connectivity index (χ2n) is 2.54. The molecule has 0 radical (unpaired) electrons. The van der Waals surface area contributed by atoms with Gasteiger partial charge in [-0.2, -0.15) is 0 Å². The highest BCUT2D eigenvalue weighted by Crippen LogP contribution is 2.29. The van der Waals surface area contributed by atoms with Gasteiger partial charge in [-0.1, -0.05) is 15.9 Å². The van der Waals surface area contributed by atoms with Gasteiger partial charge in [0, 0.05) is 13.7 Å². The summed E-state index contributed by atoms with van der Waals surface area (Å²) in [6.45, 7) is 4.11. The van der Waals surface area contributed by atoms with Crippen molar-refractivity contribution >= 4 is 44.2 Å². The molecule has 1 aromatic rings. The first-order valence-electron chi connectivity index (χ1n) is 3.24. The molecule has 0 fully saturated rings. The van der Waals surface area contributed by atoms with E-state index in [1.807, 2.05) is 13.0 Å². The number of nitrogens with two attached hydrogens (primary N) is 1. The van der Waals surface area contributed by atoms with Crippen LogP contribution in [0, 0.1) is 17.4 Å². The molecule has 1 rings (SSSR count). The van der Waals surface area contributed by atoms with Crippen molar-refractivity contribution in [2.45, 2.75) is 13.8 Å². The molecular formula is C8H9BrIN. The molecule has 0 atom stereocenters. The van der Waals surface area contributed by atoms with E-state index in [9.17, 15) is 0 Å². The van der Waals surface area contributed by atoms with Crippen molar-refractivity contribution in [3.8, 4) is 0 Å². The largest absolute Gasteiger partial charge is 0.398 e. The highest BCUT2D eigenvalue weighted by atomic mass is 127. The van der Waals surface area contributed by atoms with Gasteiger partial charge < -0.3 is 5.73 Å². The Bertz CT molecular complexity index is 270. The number of hydrogen-bond donors (Lipinski definition) is 1. The topological polar surface area (TPSA) is 26.0 Å². The molecule has 0 aromatic heterocycles. The molecule has 2 N–H and O–H groups in total. The Balaban J connectivity index is 3.46. The lowest BCUT2D eigenvalue weighted by molar-refractivity contribution is 1.32. The van der Waals surface area contributed by atoms with Crippen LogP contribution < -0.4 is 5.73 Å². The molecule has 1 nitrogen and oxygen atoms in total. The van der Waals surface area contributed by atoms with E-state index in [2.05, 4.69) is 45.4 Å². The summed E-state index contributed by atoms with van der Waals surface area (Å²) in [6.07, 6.45) is 0. The van der Waals surface area contributed by atoms with Gasteiger partial charge in [0.2, 0.25) is 0 Å². The molecule has 0 saturated heterocycles. The van der Waals surface area contributed by atoms with Crippen molar-refractivity contribution in [3.05, 3.63) is 25.2 Å². The van der Waals surface area contributed by atoms with Crippen LogP contribution >= 0.6 is 38.5 Å². The van der Waals surface area contributed by atoms with Gasteiger partial charge in [-0.15, -0.1) is 0 Å². The van der Waals surface area contributed by atoms with Crippen LogP contribution in [0.4, 0.5) is 5.69 Å². The fraction of sp³-hybridized carbons (Fsp3) is 0.250. The molecule has 0 unspecified atom stereocenters. The number of nitrogen functional groups attached to an aromatic ring is 1. The van der Waals surface area contributed by atoms with Gasteiger partial charge in [-0.3, -0.25) is 0 Å². The van der Waals surface area contributed by atoms with E-state index in [1.54, 1.807) is 0 Å². The van der Waals surface area contributed by atoms with E-state index in [0.29, 0.717) is 0 Å². The van der Waals surface area contributed by atoms with Crippen molar-refractivity contribution in [2.75, 3.05) is 5.73 Å². The summed E-state index contributed by atoms with van der Waals surface area (Å²) in [5.41, 5.74) is 9.05. The molecule has 0 spiro atoms. The lowest BCUT2D eigenvalue weighted by Gasteiger charge is -2.07. The Morgan fingerprint density at radius 1 is 1.45 bits per heavy atom. The number of aryl methyl sites for hydroxylation is 1. The normalized spacial score (nSPS) is 10.2. The summed E-state index contributed by atoms with van der Waals surface area (Å²) in [7, 11) is 0. The third-order valence-corrected chi connectivity index (χ3v) is 4.28. The maximum absolute atomic E-state index is 5.76. The molecule has 0 bridgehead atoms. The number of benzene rings is 1. The molecule has 0 amide bonds. The van der Waals surface area contributed by atoms with Crippen LogP contribution in [0.3, 0.4) is 0 Å². The minimum atomic E-state index is 0.865. The molecule has 0 saturated carbocycles. The van der Waals surface area contributed by atoms with Crippen LogP contribution in [0.1, 0.15) is 11.1 Å². The van der Waals surface area contributed by atoms with Crippen LogP contribution in [0.15, 0.2) is 10.5 Å². The third kappa shape index (κ3) is 1.69. The van der Waals surface area contributed by atoms with Crippen LogP contribution in [0.25, 0.3) is 0 Å². The first kappa shape index (κ1) is 9.32. The van der Waals surface area contributed by atoms with Gasteiger partial charge in [0.15, 0.2) is 0 Å². The summed E-state index contributed by atoms with van der Waals surface area (Å²) in [5.74, 6) is 0. The standard InChI is InChI=1S/C8H9BrIN/c1-4-3-6(11)8(10)5(2)7(4)9/h3H,11H2,1-2H3. The zero-order valence-corrected chi connectivity index (χ0v) is 10.2. The maximum atomic E-state index is 5.76. The SMILES string of the molecule is Cc1cc(N)c(I)c(C)c1Br. The van der Waals surface area contributed by atoms with E-state index < -0.39 is 0 Å². The quantitative estimate of drug-likeness (QED) is 0.575. The minimum Gasteiger partial charge on any atom is -0.398 e. The van der Waals surface area contributed by atoms with E-state index >= 15 is 0 Å². The monoisotopic (exact) mass is 325 g/mol. The number of hydrogen-bond acceptors (Lipinski definition) is 1. The van der Waals surface area contributed by atoms with E-state index in [-0.39, 0.29) is 0 Å². The Morgan fingerprint density at radius 2 is 2.00 bits per heavy atom. The Labute approximate surface area is 88.6 Å². The summed E-state index contributed by atoms with van der Waals surface area (Å²) in [5, 5.41) is 0. The molecule has 0 aliphatic carbocycles. The smallest absolute Gasteiger partial charge is 0.0455 e. The zero-order chi connectivity index (χ0) is 8.59. The first-order valence-corrected chi connectivity index (χ1v) is 5.12. The average molecular weight is 326 g/mol. The number of rotatable bonds is 0. The Hall–Kier alpha value is 0.230. The van der Waals surface area contributed by atoms with Crippen molar-refractivity contribution in [1.29, 1.82) is 0 Å². The Morgan fingerprint density at radius 3 is 2.55 bits per heavy atom. The first-order chi connectivity index (χ1) is 5.04. The van der Waals surface area contributed by atoms with Crippen LogP contribution in [0.2, 0.25) is 0 Å². The summed E-state index contributed by atoms with van der Waals surface area (Å²) < 4.78 is 2.30. The number of anilines is 1. The summed E-state index contributed by atoms with van der Waals surface area (Å²) in [4.78, 5) is 0. The summed E-state index contributed by atoms with van der Waals surface area (Å²) >= 11 is 5.76. The predicted octanol–water partition coefficient (Wildman–Crippen LogP) is 3.25. The second-order valence-corrected chi connectivity index (χ2v) is 4.41. The van der Waals surface area contributed by atoms with Crippen molar-refractivity contribution in [2.24, 2.45) is 0 Å². The fourth-order valence-electron chi connectivity index (χ4n) is 0.969. The molecule has 0 aliphatic rings. The van der Waals surface area contributed by atoms with Gasteiger partial charge in [0.05, 0.1) is 0 Å². The van der Waals surface area contributed by atoms with Crippen LogP contribution in [-0.2, 0) is 0 Å². The molecule has 1 aromatic carbocycles. The van der Waals surface area contributed by atoms with Crippen LogP contribution in [-0.4, -0.2) is 0 Å². The molecule has 0 aliphatic heterocycles. The molecule has 60 valence electrons. The zero-order valence-electron chi connectivity index (χ0n) is 6.41. The van der Waals surface area contributed by atoms with Gasteiger partial charge in [-0.25, -0.2) is 0 Å². The fourth-order valence-corrected chi connectivity index (χ4v) is 2.08. The van der Waals surface area contributed by atoms with Gasteiger partial charge in [-0.05, 0) is 53.6 Å². The predicted molar refractivity (Wildman–Crippen MR) is 60.7 cm³/mol. The molecule has 0 heterocycles. The van der Waals surface area contributed by atoms with E-state index in [0.717, 1.165) is 13.7 Å². The van der Waals surface area contributed by atoms with E-state index in [1.165, 1.54) is 11.1 Å². The van der Waals surface area contributed by atoms with Gasteiger partial charge in [0.1, 0.15) is 0 Å². The number of halogens is 2. The molecule has 11 heavy (non-hydrogen) atoms. The van der Waals surface area contributed by atoms with Crippen molar-refractivity contribution in [1.82, 2.24) is 0 Å². The second kappa shape index (κ2) is 3.31. The van der Waals surface area contributed by atoms with Gasteiger partial charge >= 0.3 is 0 Å².